The van der Waals surface area contributed by atoms with Crippen molar-refractivity contribution >= 4 is 17.4 Å². The summed E-state index contributed by atoms with van der Waals surface area (Å²) in [5.41, 5.74) is 0.475. The summed E-state index contributed by atoms with van der Waals surface area (Å²) in [5, 5.41) is 12.6. The molecule has 0 radical (unpaired) electrons. The van der Waals surface area contributed by atoms with E-state index in [0.717, 1.165) is 18.2 Å². The number of hydrogen-bond donors (Lipinski definition) is 2. The van der Waals surface area contributed by atoms with Gasteiger partial charge >= 0.3 is 12.3 Å². The van der Waals surface area contributed by atoms with Crippen LogP contribution in [-0.2, 0) is 31.9 Å². The van der Waals surface area contributed by atoms with Crippen molar-refractivity contribution in [3.63, 3.8) is 0 Å². The highest BCUT2D eigenvalue weighted by molar-refractivity contribution is 6.02. The monoisotopic (exact) mass is 473 g/mol. The van der Waals surface area contributed by atoms with Crippen LogP contribution >= 0.6 is 0 Å². The number of rotatable bonds is 6. The molecular weight excluding hydrogens is 451 g/mol. The number of amides is 1. The maximum Gasteiger partial charge on any atom is 0.525 e. The minimum absolute atomic E-state index is 0.000317. The number of methoxy groups -OCH3 is 1. The van der Waals surface area contributed by atoms with Gasteiger partial charge in [0, 0.05) is 37.5 Å². The lowest BCUT2D eigenvalue weighted by molar-refractivity contribution is -0.396. The van der Waals surface area contributed by atoms with Crippen LogP contribution in [0.25, 0.3) is 5.57 Å². The molecule has 0 heterocycles. The van der Waals surface area contributed by atoms with Gasteiger partial charge in [0.2, 0.25) is 5.79 Å². The van der Waals surface area contributed by atoms with Crippen LogP contribution in [0.2, 0.25) is 0 Å². The van der Waals surface area contributed by atoms with Crippen molar-refractivity contribution in [3.8, 4) is 0 Å². The number of fused-ring (bicyclic) bond motifs is 1. The molecule has 6 nitrogen and oxygen atoms in total. The predicted octanol–water partition coefficient (Wildman–Crippen LogP) is 4.02. The highest BCUT2D eigenvalue weighted by Gasteiger charge is 2.49. The number of ether oxygens (including phenoxy) is 2. The Bertz CT molecular complexity index is 1150. The van der Waals surface area contributed by atoms with Crippen molar-refractivity contribution in [1.82, 2.24) is 5.32 Å². The van der Waals surface area contributed by atoms with Gasteiger partial charge in [0.15, 0.2) is 0 Å². The molecule has 0 spiro atoms. The van der Waals surface area contributed by atoms with Crippen molar-refractivity contribution in [3.05, 3.63) is 89.0 Å². The van der Waals surface area contributed by atoms with Crippen LogP contribution in [0.15, 0.2) is 72.3 Å². The number of hydrogen-bond acceptors (Lipinski definition) is 4. The summed E-state index contributed by atoms with van der Waals surface area (Å²) in [4.78, 5) is 25.4. The summed E-state index contributed by atoms with van der Waals surface area (Å²) in [6.07, 6.45) is -2.69. The first-order valence-electron chi connectivity index (χ1n) is 10.5. The van der Waals surface area contributed by atoms with Gasteiger partial charge in [-0.15, -0.1) is 13.2 Å². The van der Waals surface area contributed by atoms with Crippen LogP contribution < -0.4 is 5.32 Å². The molecule has 0 bridgehead atoms. The average molecular weight is 473 g/mol. The van der Waals surface area contributed by atoms with Crippen LogP contribution in [-0.4, -0.2) is 41.8 Å². The Hall–Kier alpha value is -3.43. The van der Waals surface area contributed by atoms with Gasteiger partial charge in [-0.25, -0.2) is 4.79 Å². The summed E-state index contributed by atoms with van der Waals surface area (Å²) in [7, 11) is 1.09. The van der Waals surface area contributed by atoms with Crippen molar-refractivity contribution in [2.24, 2.45) is 0 Å². The Morgan fingerprint density at radius 3 is 2.12 bits per heavy atom. The fourth-order valence-corrected chi connectivity index (χ4v) is 4.47. The Balaban J connectivity index is 1.67. The summed E-state index contributed by atoms with van der Waals surface area (Å²) in [6.45, 7) is 0. The molecule has 0 aromatic heterocycles. The van der Waals surface area contributed by atoms with Gasteiger partial charge in [0.1, 0.15) is 5.54 Å². The Morgan fingerprint density at radius 1 is 1.00 bits per heavy atom. The van der Waals surface area contributed by atoms with Crippen molar-refractivity contribution < 1.29 is 37.3 Å². The molecular formula is C25H22F3NO5. The summed E-state index contributed by atoms with van der Waals surface area (Å²) >= 11 is 0. The van der Waals surface area contributed by atoms with Crippen LogP contribution in [0.5, 0.6) is 0 Å². The second-order valence-electron chi connectivity index (χ2n) is 8.26. The number of carboxylic acid groups (broad SMARTS) is 1. The molecule has 2 aliphatic carbocycles. The first-order valence-corrected chi connectivity index (χ1v) is 10.5. The molecule has 2 aromatic carbocycles. The normalized spacial score (nSPS) is 21.3. The van der Waals surface area contributed by atoms with E-state index in [1.807, 2.05) is 0 Å². The van der Waals surface area contributed by atoms with Crippen LogP contribution in [0.1, 0.15) is 23.1 Å². The number of halogens is 3. The minimum atomic E-state index is -5.00. The average Bonchev–Trinajstić information content (AvgIpc) is 3.18. The van der Waals surface area contributed by atoms with Gasteiger partial charge < -0.3 is 15.2 Å². The molecule has 1 amide bonds. The van der Waals surface area contributed by atoms with Crippen LogP contribution in [0.4, 0.5) is 13.2 Å². The molecule has 34 heavy (non-hydrogen) atoms. The zero-order valence-corrected chi connectivity index (χ0v) is 18.2. The molecule has 2 aromatic rings. The van der Waals surface area contributed by atoms with Crippen molar-refractivity contribution in [2.45, 2.75) is 37.0 Å². The van der Waals surface area contributed by atoms with Gasteiger partial charge in [0.05, 0.1) is 0 Å². The third-order valence-corrected chi connectivity index (χ3v) is 6.12. The van der Waals surface area contributed by atoms with E-state index in [-0.39, 0.29) is 24.0 Å². The van der Waals surface area contributed by atoms with E-state index in [0.29, 0.717) is 5.56 Å². The third kappa shape index (κ3) is 4.49. The molecule has 9 heteroatoms. The number of benzene rings is 2. The van der Waals surface area contributed by atoms with E-state index in [4.69, 9.17) is 4.74 Å². The second-order valence-corrected chi connectivity index (χ2v) is 8.26. The topological polar surface area (TPSA) is 84.9 Å². The number of carbonyl (C=O) groups is 2. The summed E-state index contributed by atoms with van der Waals surface area (Å²) in [6, 6.07) is 15.3. The number of nitrogens with one attached hydrogen (secondary N) is 1. The minimum Gasteiger partial charge on any atom is -0.479 e. The van der Waals surface area contributed by atoms with E-state index in [1.54, 1.807) is 54.6 Å². The summed E-state index contributed by atoms with van der Waals surface area (Å²) < 4.78 is 49.4. The lowest BCUT2D eigenvalue weighted by Gasteiger charge is -2.37. The first-order chi connectivity index (χ1) is 16.1. The van der Waals surface area contributed by atoms with Crippen molar-refractivity contribution in [1.29, 1.82) is 0 Å². The highest BCUT2D eigenvalue weighted by atomic mass is 19.4. The van der Waals surface area contributed by atoms with Gasteiger partial charge in [-0.2, -0.15) is 0 Å². The Kier molecular flexibility index (Phi) is 6.09. The maximum atomic E-state index is 13.3. The molecule has 2 aliphatic rings. The molecule has 1 atom stereocenters. The van der Waals surface area contributed by atoms with E-state index < -0.39 is 36.0 Å². The molecule has 0 saturated carbocycles. The Labute approximate surface area is 193 Å². The molecule has 1 unspecified atom stereocenters. The zero-order valence-electron chi connectivity index (χ0n) is 18.2. The van der Waals surface area contributed by atoms with E-state index in [2.05, 4.69) is 10.1 Å². The molecule has 178 valence electrons. The smallest absolute Gasteiger partial charge is 0.479 e. The standard InChI is InChI=1S/C25H22F3NO5/c1-33-24(34-25(26,27)28)12-11-17(13-20(24)16-7-3-2-4-8-16)21(30)29-23(22(31)32)14-18-9-5-6-10-19(18)15-23/h2-11,13H,12,14-15H2,1H3,(H,29,30)(H,31,32). The van der Waals surface area contributed by atoms with Gasteiger partial charge in [0.25, 0.3) is 5.91 Å². The first kappa shape index (κ1) is 23.7. The third-order valence-electron chi connectivity index (χ3n) is 6.12. The lowest BCUT2D eigenvalue weighted by atomic mass is 9.87. The lowest BCUT2D eigenvalue weighted by Crippen LogP contribution is -2.56. The van der Waals surface area contributed by atoms with Crippen LogP contribution in [0.3, 0.4) is 0 Å². The van der Waals surface area contributed by atoms with Gasteiger partial charge in [-0.3, -0.25) is 9.53 Å². The van der Waals surface area contributed by atoms with Crippen LogP contribution in [0, 0.1) is 0 Å². The highest BCUT2D eigenvalue weighted by Crippen LogP contribution is 2.43. The largest absolute Gasteiger partial charge is 0.525 e. The second kappa shape index (κ2) is 8.73. The van der Waals surface area contributed by atoms with E-state index >= 15 is 0 Å². The molecule has 0 aliphatic heterocycles. The van der Waals surface area contributed by atoms with E-state index in [9.17, 15) is 27.9 Å². The zero-order chi connectivity index (χ0) is 24.6. The predicted molar refractivity (Wildman–Crippen MR) is 116 cm³/mol. The number of aliphatic carboxylic acids is 1. The van der Waals surface area contributed by atoms with E-state index in [1.165, 1.54) is 12.2 Å². The number of carboxylic acids is 1. The SMILES string of the molecule is COC1(OC(F)(F)F)CC=C(C(=O)NC2(C(=O)O)Cc3ccccc3C2)C=C1c1ccccc1. The molecule has 0 saturated heterocycles. The fraction of sp³-hybridized carbons (Fsp3) is 0.280. The van der Waals surface area contributed by atoms with Crippen molar-refractivity contribution in [2.75, 3.05) is 7.11 Å². The fourth-order valence-electron chi connectivity index (χ4n) is 4.47. The Morgan fingerprint density at radius 2 is 1.59 bits per heavy atom. The maximum absolute atomic E-state index is 13.3. The summed E-state index contributed by atoms with van der Waals surface area (Å²) in [5.74, 6) is -4.09. The molecule has 4 rings (SSSR count). The van der Waals surface area contributed by atoms with Gasteiger partial charge in [-0.1, -0.05) is 60.7 Å². The quantitative estimate of drug-likeness (QED) is 0.620. The molecule has 2 N–H and O–H groups in total. The number of alkyl halides is 3. The van der Waals surface area contributed by atoms with Gasteiger partial charge in [-0.05, 0) is 22.8 Å². The number of carbonyl (C=O) groups excluding carboxylic acids is 1. The molecule has 0 fully saturated rings.